The molecule has 0 unspecified atom stereocenters. The summed E-state index contributed by atoms with van der Waals surface area (Å²) in [6.07, 6.45) is 5.17. The second-order valence-electron chi connectivity index (χ2n) is 6.63. The molecule has 1 saturated carbocycles. The molecule has 0 aliphatic heterocycles. The average molecular weight is 359 g/mol. The van der Waals surface area contributed by atoms with Crippen LogP contribution in [0.15, 0.2) is 29.6 Å². The van der Waals surface area contributed by atoms with Gasteiger partial charge in [-0.1, -0.05) is 30.5 Å². The molecule has 1 fully saturated rings. The number of hydrogen-bond acceptors (Lipinski definition) is 4. The predicted molar refractivity (Wildman–Crippen MR) is 101 cm³/mol. The first-order valence-corrected chi connectivity index (χ1v) is 9.96. The van der Waals surface area contributed by atoms with Gasteiger partial charge < -0.3 is 9.64 Å². The summed E-state index contributed by atoms with van der Waals surface area (Å²) in [5.41, 5.74) is 2.07. The first-order valence-electron chi connectivity index (χ1n) is 9.08. The molecule has 0 bridgehead atoms. The molecule has 2 aromatic rings. The topological polar surface area (TPSA) is 42.4 Å². The maximum Gasteiger partial charge on any atom is 0.228 e. The van der Waals surface area contributed by atoms with Crippen LogP contribution in [0.3, 0.4) is 0 Å². The highest BCUT2D eigenvalue weighted by Crippen LogP contribution is 2.24. The van der Waals surface area contributed by atoms with Crippen LogP contribution in [0.5, 0.6) is 5.75 Å². The molecule has 5 heteroatoms. The summed E-state index contributed by atoms with van der Waals surface area (Å²) in [7, 11) is 0. The Labute approximate surface area is 153 Å². The van der Waals surface area contributed by atoms with Crippen LogP contribution in [-0.2, 0) is 17.8 Å². The zero-order valence-corrected chi connectivity index (χ0v) is 15.8. The summed E-state index contributed by atoms with van der Waals surface area (Å²) >= 11 is 1.56. The third-order valence-corrected chi connectivity index (χ3v) is 5.61. The van der Waals surface area contributed by atoms with Crippen molar-refractivity contribution in [1.29, 1.82) is 0 Å². The Balaban J connectivity index is 1.53. The number of carbonyl (C=O) groups excluding carboxylic acids is 1. The molecule has 4 nitrogen and oxygen atoms in total. The van der Waals surface area contributed by atoms with E-state index in [1.807, 2.05) is 34.5 Å². The minimum atomic E-state index is 0.200. The van der Waals surface area contributed by atoms with Gasteiger partial charge in [0.1, 0.15) is 17.4 Å². The Kier molecular flexibility index (Phi) is 6.08. The molecule has 1 aliphatic rings. The van der Waals surface area contributed by atoms with Crippen molar-refractivity contribution in [3.05, 3.63) is 45.9 Å². The predicted octanol–water partition coefficient (Wildman–Crippen LogP) is 4.36. The zero-order valence-electron chi connectivity index (χ0n) is 15.0. The van der Waals surface area contributed by atoms with Gasteiger partial charge in [-0.15, -0.1) is 11.3 Å². The van der Waals surface area contributed by atoms with E-state index >= 15 is 0 Å². The van der Waals surface area contributed by atoms with E-state index in [0.717, 1.165) is 35.8 Å². The Morgan fingerprint density at radius 3 is 2.68 bits per heavy atom. The molecule has 25 heavy (non-hydrogen) atoms. The smallest absolute Gasteiger partial charge is 0.228 e. The van der Waals surface area contributed by atoms with Crippen LogP contribution >= 0.6 is 11.3 Å². The van der Waals surface area contributed by atoms with E-state index < -0.39 is 0 Å². The van der Waals surface area contributed by atoms with Gasteiger partial charge in [0.15, 0.2) is 0 Å². The van der Waals surface area contributed by atoms with E-state index in [1.54, 1.807) is 11.3 Å². The fourth-order valence-electron chi connectivity index (χ4n) is 3.39. The molecule has 0 N–H and O–H groups in total. The van der Waals surface area contributed by atoms with Gasteiger partial charge in [-0.25, -0.2) is 4.98 Å². The third kappa shape index (κ3) is 4.82. The average Bonchev–Trinajstić information content (AvgIpc) is 3.27. The highest BCUT2D eigenvalue weighted by Gasteiger charge is 2.25. The summed E-state index contributed by atoms with van der Waals surface area (Å²) in [6.45, 7) is 5.36. The molecule has 1 aliphatic carbocycles. The second kappa shape index (κ2) is 8.48. The van der Waals surface area contributed by atoms with Crippen molar-refractivity contribution in [2.45, 2.75) is 58.6 Å². The highest BCUT2D eigenvalue weighted by molar-refractivity contribution is 7.09. The molecular weight excluding hydrogens is 332 g/mol. The molecule has 1 aromatic carbocycles. The molecular formula is C20H26N2O2S. The summed E-state index contributed by atoms with van der Waals surface area (Å²) in [6, 6.07) is 8.43. The Hall–Kier alpha value is -1.88. The number of ether oxygens (including phenoxy) is 1. The minimum absolute atomic E-state index is 0.200. The van der Waals surface area contributed by atoms with Crippen molar-refractivity contribution in [3.63, 3.8) is 0 Å². The van der Waals surface area contributed by atoms with Gasteiger partial charge in [-0.05, 0) is 38.8 Å². The lowest BCUT2D eigenvalue weighted by Crippen LogP contribution is -2.39. The Morgan fingerprint density at radius 2 is 2.00 bits per heavy atom. The number of hydrogen-bond donors (Lipinski definition) is 0. The fraction of sp³-hybridized carbons (Fsp3) is 0.500. The lowest BCUT2D eigenvalue weighted by Gasteiger charge is -2.27. The Morgan fingerprint density at radius 1 is 1.28 bits per heavy atom. The maximum absolute atomic E-state index is 12.6. The molecule has 1 aromatic heterocycles. The van der Waals surface area contributed by atoms with Crippen LogP contribution in [0, 0.1) is 6.92 Å². The minimum Gasteiger partial charge on any atom is -0.486 e. The van der Waals surface area contributed by atoms with Gasteiger partial charge in [0, 0.05) is 18.0 Å². The lowest BCUT2D eigenvalue weighted by atomic mass is 10.2. The van der Waals surface area contributed by atoms with E-state index in [0.29, 0.717) is 19.1 Å². The van der Waals surface area contributed by atoms with E-state index in [1.165, 1.54) is 18.4 Å². The molecule has 0 saturated heterocycles. The van der Waals surface area contributed by atoms with E-state index in [4.69, 9.17) is 4.74 Å². The van der Waals surface area contributed by atoms with Gasteiger partial charge in [0.2, 0.25) is 5.91 Å². The van der Waals surface area contributed by atoms with Crippen molar-refractivity contribution < 1.29 is 9.53 Å². The maximum atomic E-state index is 12.6. The molecule has 134 valence electrons. The van der Waals surface area contributed by atoms with Crippen LogP contribution in [0.2, 0.25) is 0 Å². The number of benzene rings is 1. The van der Waals surface area contributed by atoms with Crippen molar-refractivity contribution in [2.24, 2.45) is 0 Å². The van der Waals surface area contributed by atoms with Crippen LogP contribution < -0.4 is 4.74 Å². The van der Waals surface area contributed by atoms with Gasteiger partial charge in [0.25, 0.3) is 0 Å². The monoisotopic (exact) mass is 358 g/mol. The fourth-order valence-corrected chi connectivity index (χ4v) is 4.09. The van der Waals surface area contributed by atoms with Crippen LogP contribution in [-0.4, -0.2) is 28.4 Å². The first kappa shape index (κ1) is 17.9. The molecule has 3 rings (SSSR count). The standard InChI is InChI=1S/C20H26N2O2S/c1-3-22(17-6-4-5-7-17)20(23)12-16-14-25-19(21-16)13-24-18-10-8-15(2)9-11-18/h8-11,14,17H,3-7,12-13H2,1-2H3. The van der Waals surface area contributed by atoms with Gasteiger partial charge in [-0.2, -0.15) is 0 Å². The van der Waals surface area contributed by atoms with Crippen LogP contribution in [0.4, 0.5) is 0 Å². The first-order chi connectivity index (χ1) is 12.2. The number of rotatable bonds is 7. The summed E-state index contributed by atoms with van der Waals surface area (Å²) in [4.78, 5) is 19.2. The number of amides is 1. The highest BCUT2D eigenvalue weighted by atomic mass is 32.1. The van der Waals surface area contributed by atoms with Gasteiger partial charge in [0.05, 0.1) is 12.1 Å². The van der Waals surface area contributed by atoms with E-state index in [2.05, 4.69) is 18.8 Å². The number of thiazole rings is 1. The molecule has 0 radical (unpaired) electrons. The number of aromatic nitrogens is 1. The largest absolute Gasteiger partial charge is 0.486 e. The zero-order chi connectivity index (χ0) is 17.6. The summed E-state index contributed by atoms with van der Waals surface area (Å²) in [5, 5.41) is 2.89. The van der Waals surface area contributed by atoms with E-state index in [-0.39, 0.29) is 5.91 Å². The van der Waals surface area contributed by atoms with E-state index in [9.17, 15) is 4.79 Å². The van der Waals surface area contributed by atoms with Crippen molar-refractivity contribution in [2.75, 3.05) is 6.54 Å². The number of aryl methyl sites for hydroxylation is 1. The number of nitrogens with zero attached hydrogens (tertiary/aromatic N) is 2. The second-order valence-corrected chi connectivity index (χ2v) is 7.57. The van der Waals surface area contributed by atoms with Crippen LogP contribution in [0.25, 0.3) is 0 Å². The Bertz CT molecular complexity index is 690. The van der Waals surface area contributed by atoms with Crippen molar-refractivity contribution >= 4 is 17.2 Å². The normalized spacial score (nSPS) is 14.6. The van der Waals surface area contributed by atoms with Crippen molar-refractivity contribution in [3.8, 4) is 5.75 Å². The molecule has 0 atom stereocenters. The number of carbonyl (C=O) groups is 1. The lowest BCUT2D eigenvalue weighted by molar-refractivity contribution is -0.132. The number of likely N-dealkylation sites (N-methyl/N-ethyl adjacent to an activating group) is 1. The van der Waals surface area contributed by atoms with Gasteiger partial charge >= 0.3 is 0 Å². The molecule has 1 heterocycles. The quantitative estimate of drug-likeness (QED) is 0.738. The third-order valence-electron chi connectivity index (χ3n) is 4.74. The SMILES string of the molecule is CCN(C(=O)Cc1csc(COc2ccc(C)cc2)n1)C1CCCC1. The summed E-state index contributed by atoms with van der Waals surface area (Å²) in [5.74, 6) is 1.04. The van der Waals surface area contributed by atoms with Crippen LogP contribution in [0.1, 0.15) is 48.9 Å². The summed E-state index contributed by atoms with van der Waals surface area (Å²) < 4.78 is 5.77. The van der Waals surface area contributed by atoms with Crippen molar-refractivity contribution in [1.82, 2.24) is 9.88 Å². The molecule has 0 spiro atoms. The van der Waals surface area contributed by atoms with Gasteiger partial charge in [-0.3, -0.25) is 4.79 Å². The molecule has 1 amide bonds.